The zero-order valence-electron chi connectivity index (χ0n) is 39.4. The summed E-state index contributed by atoms with van der Waals surface area (Å²) < 4.78 is 2.40. The van der Waals surface area contributed by atoms with E-state index in [2.05, 4.69) is 230 Å². The van der Waals surface area contributed by atoms with Crippen LogP contribution in [0.25, 0.3) is 72.0 Å². The van der Waals surface area contributed by atoms with Gasteiger partial charge in [0.25, 0.3) is 0 Å². The lowest BCUT2D eigenvalue weighted by Gasteiger charge is -2.61. The zero-order valence-corrected chi connectivity index (χ0v) is 39.4. The van der Waals surface area contributed by atoms with Gasteiger partial charge in [-0.15, -0.1) is 0 Å². The molecule has 9 aromatic carbocycles. The Balaban J connectivity index is 0.804. The average molecular weight is 887 g/mol. The van der Waals surface area contributed by atoms with Gasteiger partial charge < -0.3 is 9.47 Å². The van der Waals surface area contributed by atoms with Gasteiger partial charge >= 0.3 is 0 Å². The van der Waals surface area contributed by atoms with E-state index in [-0.39, 0.29) is 10.8 Å². The highest BCUT2D eigenvalue weighted by molar-refractivity contribution is 6.10. The molecule has 0 amide bonds. The second-order valence-electron chi connectivity index (χ2n) is 21.7. The van der Waals surface area contributed by atoms with Crippen molar-refractivity contribution in [1.82, 2.24) is 4.57 Å². The summed E-state index contributed by atoms with van der Waals surface area (Å²) in [4.78, 5) is 2.46. The molecule has 4 bridgehead atoms. The van der Waals surface area contributed by atoms with E-state index in [0.29, 0.717) is 0 Å². The number of hydrogen-bond acceptors (Lipinski definition) is 1. The lowest BCUT2D eigenvalue weighted by Crippen LogP contribution is -2.55. The van der Waals surface area contributed by atoms with Crippen LogP contribution in [0.2, 0.25) is 0 Å². The number of rotatable bonds is 6. The van der Waals surface area contributed by atoms with E-state index >= 15 is 0 Å². The first kappa shape index (κ1) is 39.6. The molecule has 0 N–H and O–H groups in total. The minimum atomic E-state index is -0.113. The molecule has 1 spiro atoms. The predicted molar refractivity (Wildman–Crippen MR) is 287 cm³/mol. The Labute approximate surface area is 405 Å². The van der Waals surface area contributed by atoms with Crippen molar-refractivity contribution in [2.24, 2.45) is 23.7 Å². The molecule has 1 heterocycles. The van der Waals surface area contributed by atoms with Crippen molar-refractivity contribution < 1.29 is 0 Å². The van der Waals surface area contributed by atoms with Gasteiger partial charge in [-0.3, -0.25) is 0 Å². The number of para-hydroxylation sites is 2. The monoisotopic (exact) mass is 886 g/mol. The van der Waals surface area contributed by atoms with Crippen LogP contribution in [-0.4, -0.2) is 4.57 Å². The van der Waals surface area contributed by atoms with Crippen molar-refractivity contribution >= 4 is 38.9 Å². The Morgan fingerprint density at radius 1 is 0.377 bits per heavy atom. The lowest BCUT2D eigenvalue weighted by molar-refractivity contribution is -0.0399. The summed E-state index contributed by atoms with van der Waals surface area (Å²) in [6.45, 7) is 4.75. The van der Waals surface area contributed by atoms with Crippen LogP contribution in [0.3, 0.4) is 0 Å². The first-order valence-corrected chi connectivity index (χ1v) is 25.5. The van der Waals surface area contributed by atoms with Gasteiger partial charge in [0, 0.05) is 44.4 Å². The van der Waals surface area contributed by atoms with Crippen LogP contribution in [0, 0.1) is 23.7 Å². The molecule has 69 heavy (non-hydrogen) atoms. The van der Waals surface area contributed by atoms with Gasteiger partial charge in [-0.25, -0.2) is 0 Å². The third-order valence-electron chi connectivity index (χ3n) is 18.0. The molecule has 0 atom stereocenters. The molecule has 4 fully saturated rings. The fourth-order valence-corrected chi connectivity index (χ4v) is 15.2. The van der Waals surface area contributed by atoms with Crippen molar-refractivity contribution in [3.05, 3.63) is 229 Å². The van der Waals surface area contributed by atoms with Crippen molar-refractivity contribution in [1.29, 1.82) is 0 Å². The van der Waals surface area contributed by atoms with E-state index in [9.17, 15) is 0 Å². The van der Waals surface area contributed by atoms with Crippen LogP contribution >= 0.6 is 0 Å². The van der Waals surface area contributed by atoms with Crippen molar-refractivity contribution in [3.63, 3.8) is 0 Å². The highest BCUT2D eigenvalue weighted by atomic mass is 15.1. The Kier molecular flexibility index (Phi) is 8.34. The van der Waals surface area contributed by atoms with Gasteiger partial charge in [0.2, 0.25) is 0 Å². The maximum absolute atomic E-state index is 2.62. The van der Waals surface area contributed by atoms with E-state index in [0.717, 1.165) is 40.7 Å². The number of benzene rings is 9. The topological polar surface area (TPSA) is 8.17 Å². The molecule has 6 aliphatic rings. The largest absolute Gasteiger partial charge is 0.310 e. The third-order valence-corrected chi connectivity index (χ3v) is 18.0. The van der Waals surface area contributed by atoms with Gasteiger partial charge in [-0.05, 0) is 189 Å². The van der Waals surface area contributed by atoms with Crippen LogP contribution in [0.5, 0.6) is 0 Å². The molecule has 6 aliphatic carbocycles. The SMILES string of the molecule is CC1(C)c2ccccc2-c2ccc(N(c3ccc(-c4ccc(-c5ccc6c(c5)C5(c7ccccc7-6)C6CC7CC(C6)CC5C7)cc4)cc3)c3ccc4c(c3)c3ccccc3n4-c3ccccc3)cc21. The number of nitrogens with zero attached hydrogens (tertiary/aromatic N) is 2. The highest BCUT2D eigenvalue weighted by Gasteiger charge is 2.61. The first-order valence-electron chi connectivity index (χ1n) is 25.5. The van der Waals surface area contributed by atoms with E-state index in [4.69, 9.17) is 0 Å². The fraction of sp³-hybridized carbons (Fsp3) is 0.194. The number of hydrogen-bond donors (Lipinski definition) is 0. The van der Waals surface area contributed by atoms with Gasteiger partial charge in [0.1, 0.15) is 0 Å². The molecule has 4 saturated carbocycles. The Bertz CT molecular complexity index is 3670. The van der Waals surface area contributed by atoms with Gasteiger partial charge in [0.05, 0.1) is 11.0 Å². The van der Waals surface area contributed by atoms with Crippen LogP contribution in [0.1, 0.15) is 68.2 Å². The van der Waals surface area contributed by atoms with Crippen molar-refractivity contribution in [2.45, 2.75) is 56.8 Å². The number of aromatic nitrogens is 1. The summed E-state index contributed by atoms with van der Waals surface area (Å²) in [5.41, 5.74) is 23.8. The first-order chi connectivity index (χ1) is 33.9. The molecule has 0 saturated heterocycles. The quantitative estimate of drug-likeness (QED) is 0.161. The average Bonchev–Trinajstić information content (AvgIpc) is 3.96. The second-order valence-corrected chi connectivity index (χ2v) is 21.7. The molecule has 0 radical (unpaired) electrons. The summed E-state index contributed by atoms with van der Waals surface area (Å²) in [6, 6.07) is 78.2. The second kappa shape index (κ2) is 14.5. The van der Waals surface area contributed by atoms with E-state index in [1.54, 1.807) is 11.1 Å². The van der Waals surface area contributed by atoms with Gasteiger partial charge in [-0.2, -0.15) is 0 Å². The Morgan fingerprint density at radius 3 is 1.62 bits per heavy atom. The summed E-state index contributed by atoms with van der Waals surface area (Å²) >= 11 is 0. The maximum Gasteiger partial charge on any atom is 0.0542 e. The number of fused-ring (bicyclic) bond motifs is 9. The third kappa shape index (κ3) is 5.61. The minimum Gasteiger partial charge on any atom is -0.310 e. The molecular formula is C67H54N2. The molecular weight excluding hydrogens is 833 g/mol. The van der Waals surface area contributed by atoms with Crippen LogP contribution in [0.15, 0.2) is 206 Å². The zero-order chi connectivity index (χ0) is 45.6. The maximum atomic E-state index is 2.62. The minimum absolute atomic E-state index is 0.113. The fourth-order valence-electron chi connectivity index (χ4n) is 15.2. The van der Waals surface area contributed by atoms with E-state index in [1.807, 2.05) is 0 Å². The molecule has 0 aliphatic heterocycles. The summed E-state index contributed by atoms with van der Waals surface area (Å²) in [5, 5.41) is 2.49. The smallest absolute Gasteiger partial charge is 0.0542 e. The standard InChI is InChI=1S/C67H54N2/c1-66(2)60-17-9-6-14-54(60)56-32-29-53(41-62(56)66)68(52-30-33-65-59(40-52)58-16-8-11-19-64(58)69(65)50-12-4-3-5-13-50)51-27-24-45(25-28-51)44-20-22-46(23-21-44)47-26-31-57-55-15-7-10-18-61(55)67(63(57)39-47)48-35-42-34-43(37-48)38-49(67)36-42/h3-33,39-43,48-49H,34-38H2,1-2H3. The highest BCUT2D eigenvalue weighted by Crippen LogP contribution is 2.69. The van der Waals surface area contributed by atoms with Crippen molar-refractivity contribution in [3.8, 4) is 50.2 Å². The molecule has 0 unspecified atom stereocenters. The number of anilines is 3. The summed E-state index contributed by atoms with van der Waals surface area (Å²) in [7, 11) is 0. The normalized spacial score (nSPS) is 21.9. The Morgan fingerprint density at radius 2 is 0.884 bits per heavy atom. The summed E-state index contributed by atoms with van der Waals surface area (Å²) in [5.74, 6) is 3.42. The van der Waals surface area contributed by atoms with Crippen LogP contribution in [0.4, 0.5) is 17.1 Å². The Hall–Kier alpha value is -7.42. The van der Waals surface area contributed by atoms with Gasteiger partial charge in [0.15, 0.2) is 0 Å². The predicted octanol–water partition coefficient (Wildman–Crippen LogP) is 17.6. The molecule has 1 aromatic heterocycles. The van der Waals surface area contributed by atoms with Crippen LogP contribution < -0.4 is 4.90 Å². The van der Waals surface area contributed by atoms with Crippen molar-refractivity contribution in [2.75, 3.05) is 4.90 Å². The van der Waals surface area contributed by atoms with Gasteiger partial charge in [-0.1, -0.05) is 153 Å². The lowest BCUT2D eigenvalue weighted by atomic mass is 9.43. The molecule has 10 aromatic rings. The molecule has 2 nitrogen and oxygen atoms in total. The summed E-state index contributed by atoms with van der Waals surface area (Å²) in [6.07, 6.45) is 7.11. The van der Waals surface area contributed by atoms with E-state index < -0.39 is 0 Å². The van der Waals surface area contributed by atoms with E-state index in [1.165, 1.54) is 115 Å². The molecule has 2 heteroatoms. The van der Waals surface area contributed by atoms with Crippen LogP contribution in [-0.2, 0) is 10.8 Å². The molecule has 16 rings (SSSR count). The molecule has 332 valence electrons.